The van der Waals surface area contributed by atoms with E-state index >= 15 is 0 Å². The van der Waals surface area contributed by atoms with Gasteiger partial charge in [0.15, 0.2) is 0 Å². The molecule has 1 fully saturated rings. The predicted octanol–water partition coefficient (Wildman–Crippen LogP) is 3.12. The zero-order chi connectivity index (χ0) is 11.4. The minimum absolute atomic E-state index is 0.482. The number of Topliss-reactive ketones (excluding diaryl/α,β-unsaturated/α-hetero) is 1. The van der Waals surface area contributed by atoms with Crippen LogP contribution in [0.2, 0.25) is 18.1 Å². The van der Waals surface area contributed by atoms with E-state index < -0.39 is 8.07 Å². The largest absolute Gasteiger partial charge is 0.300 e. The molecule has 0 unspecified atom stereocenters. The lowest BCUT2D eigenvalue weighted by atomic mass is 10.2. The summed E-state index contributed by atoms with van der Waals surface area (Å²) >= 11 is 0. The van der Waals surface area contributed by atoms with Crippen LogP contribution in [0.4, 0.5) is 0 Å². The molecule has 0 spiro atoms. The van der Waals surface area contributed by atoms with Gasteiger partial charge in [0.25, 0.3) is 0 Å². The standard InChI is InChI=1S/C14H20OSi/c1-2-10-16(11-8-13(15)9-12-16)14-6-4-3-5-7-14/h3-7H,2,8-12H2,1H3. The third kappa shape index (κ3) is 2.27. The van der Waals surface area contributed by atoms with Crippen molar-refractivity contribution in [3.8, 4) is 0 Å². The van der Waals surface area contributed by atoms with E-state index in [2.05, 4.69) is 37.3 Å². The molecule has 1 aromatic carbocycles. The maximum atomic E-state index is 11.4. The van der Waals surface area contributed by atoms with Crippen molar-refractivity contribution in [3.05, 3.63) is 30.3 Å². The zero-order valence-electron chi connectivity index (χ0n) is 10.0. The topological polar surface area (TPSA) is 17.1 Å². The number of hydrogen-bond donors (Lipinski definition) is 0. The molecule has 1 aliphatic rings. The first-order valence-corrected chi connectivity index (χ1v) is 8.96. The lowest BCUT2D eigenvalue weighted by Crippen LogP contribution is -2.49. The van der Waals surface area contributed by atoms with E-state index in [0.29, 0.717) is 5.78 Å². The van der Waals surface area contributed by atoms with Crippen molar-refractivity contribution < 1.29 is 4.79 Å². The average molecular weight is 232 g/mol. The van der Waals surface area contributed by atoms with Gasteiger partial charge in [-0.25, -0.2) is 0 Å². The summed E-state index contributed by atoms with van der Waals surface area (Å²) in [4.78, 5) is 11.4. The molecule has 0 radical (unpaired) electrons. The Labute approximate surface area is 98.9 Å². The van der Waals surface area contributed by atoms with Gasteiger partial charge in [0.1, 0.15) is 5.78 Å². The van der Waals surface area contributed by atoms with E-state index in [1.807, 2.05) is 0 Å². The van der Waals surface area contributed by atoms with Crippen molar-refractivity contribution in [1.82, 2.24) is 0 Å². The summed E-state index contributed by atoms with van der Waals surface area (Å²) in [6, 6.07) is 14.7. The van der Waals surface area contributed by atoms with Crippen molar-refractivity contribution >= 4 is 19.0 Å². The monoisotopic (exact) mass is 232 g/mol. The second-order valence-corrected chi connectivity index (χ2v) is 9.57. The van der Waals surface area contributed by atoms with Crippen LogP contribution in [0.1, 0.15) is 26.2 Å². The number of carbonyl (C=O) groups is 1. The highest BCUT2D eigenvalue weighted by molar-refractivity contribution is 6.92. The van der Waals surface area contributed by atoms with Crippen LogP contribution in [0.25, 0.3) is 0 Å². The average Bonchev–Trinajstić information content (AvgIpc) is 2.34. The molecule has 0 saturated carbocycles. The fourth-order valence-corrected chi connectivity index (χ4v) is 7.95. The quantitative estimate of drug-likeness (QED) is 0.732. The SMILES string of the molecule is CCC[Si]1(c2ccccc2)CCC(=O)CC1. The Morgan fingerprint density at radius 1 is 1.12 bits per heavy atom. The molecular weight excluding hydrogens is 212 g/mol. The molecule has 0 atom stereocenters. The van der Waals surface area contributed by atoms with Crippen LogP contribution in [-0.4, -0.2) is 13.9 Å². The van der Waals surface area contributed by atoms with E-state index in [1.54, 1.807) is 5.19 Å². The van der Waals surface area contributed by atoms with Crippen LogP contribution in [-0.2, 0) is 4.79 Å². The van der Waals surface area contributed by atoms with Gasteiger partial charge in [0, 0.05) is 12.8 Å². The van der Waals surface area contributed by atoms with Gasteiger partial charge >= 0.3 is 0 Å². The summed E-state index contributed by atoms with van der Waals surface area (Å²) in [5, 5.41) is 1.57. The van der Waals surface area contributed by atoms with Crippen LogP contribution in [0.15, 0.2) is 30.3 Å². The molecule has 1 aliphatic heterocycles. The molecule has 0 amide bonds. The zero-order valence-corrected chi connectivity index (χ0v) is 11.0. The van der Waals surface area contributed by atoms with E-state index in [0.717, 1.165) is 12.8 Å². The van der Waals surface area contributed by atoms with Crippen molar-refractivity contribution in [2.75, 3.05) is 0 Å². The first-order valence-electron chi connectivity index (χ1n) is 6.34. The molecule has 0 aromatic heterocycles. The lowest BCUT2D eigenvalue weighted by molar-refractivity contribution is -0.118. The van der Waals surface area contributed by atoms with Gasteiger partial charge in [-0.2, -0.15) is 0 Å². The fourth-order valence-electron chi connectivity index (χ4n) is 2.96. The van der Waals surface area contributed by atoms with E-state index in [4.69, 9.17) is 0 Å². The molecule has 0 bridgehead atoms. The highest BCUT2D eigenvalue weighted by Crippen LogP contribution is 2.30. The third-order valence-corrected chi connectivity index (χ3v) is 9.31. The molecule has 1 heterocycles. The van der Waals surface area contributed by atoms with Crippen molar-refractivity contribution in [1.29, 1.82) is 0 Å². The first kappa shape index (κ1) is 11.6. The summed E-state index contributed by atoms with van der Waals surface area (Å²) in [5.74, 6) is 0.482. The maximum absolute atomic E-state index is 11.4. The Kier molecular flexibility index (Phi) is 3.59. The van der Waals surface area contributed by atoms with Gasteiger partial charge in [-0.1, -0.05) is 54.9 Å². The summed E-state index contributed by atoms with van der Waals surface area (Å²) in [6.45, 7) is 2.27. The summed E-state index contributed by atoms with van der Waals surface area (Å²) in [7, 11) is -1.32. The highest BCUT2D eigenvalue weighted by atomic mass is 28.3. The van der Waals surface area contributed by atoms with Gasteiger partial charge < -0.3 is 0 Å². The number of hydrogen-bond acceptors (Lipinski definition) is 1. The molecule has 2 heteroatoms. The summed E-state index contributed by atoms with van der Waals surface area (Å²) < 4.78 is 0. The fraction of sp³-hybridized carbons (Fsp3) is 0.500. The number of rotatable bonds is 3. The van der Waals surface area contributed by atoms with Crippen LogP contribution in [0, 0.1) is 0 Å². The Balaban J connectivity index is 2.25. The van der Waals surface area contributed by atoms with Crippen LogP contribution >= 0.6 is 0 Å². The van der Waals surface area contributed by atoms with Crippen molar-refractivity contribution in [2.45, 2.75) is 44.3 Å². The Hall–Kier alpha value is -0.893. The molecule has 0 N–H and O–H groups in total. The van der Waals surface area contributed by atoms with Crippen LogP contribution in [0.5, 0.6) is 0 Å². The minimum atomic E-state index is -1.32. The molecule has 16 heavy (non-hydrogen) atoms. The van der Waals surface area contributed by atoms with Crippen molar-refractivity contribution in [3.63, 3.8) is 0 Å². The van der Waals surface area contributed by atoms with Crippen LogP contribution < -0.4 is 5.19 Å². The third-order valence-electron chi connectivity index (χ3n) is 3.88. The Bertz CT molecular complexity index is 348. The van der Waals surface area contributed by atoms with E-state index in [9.17, 15) is 4.79 Å². The van der Waals surface area contributed by atoms with Gasteiger partial charge in [0.2, 0.25) is 0 Å². The highest BCUT2D eigenvalue weighted by Gasteiger charge is 2.37. The van der Waals surface area contributed by atoms with E-state index in [1.165, 1.54) is 24.6 Å². The molecule has 1 saturated heterocycles. The minimum Gasteiger partial charge on any atom is -0.300 e. The van der Waals surface area contributed by atoms with Gasteiger partial charge in [-0.3, -0.25) is 4.79 Å². The number of benzene rings is 1. The van der Waals surface area contributed by atoms with Crippen LogP contribution in [0.3, 0.4) is 0 Å². The lowest BCUT2D eigenvalue weighted by Gasteiger charge is -2.35. The second kappa shape index (κ2) is 4.96. The predicted molar refractivity (Wildman–Crippen MR) is 70.8 cm³/mol. The maximum Gasteiger partial charge on any atom is 0.132 e. The molecule has 86 valence electrons. The molecule has 2 rings (SSSR count). The summed E-state index contributed by atoms with van der Waals surface area (Å²) in [6.07, 6.45) is 2.93. The summed E-state index contributed by atoms with van der Waals surface area (Å²) in [5.41, 5.74) is 0. The second-order valence-electron chi connectivity index (χ2n) is 4.94. The van der Waals surface area contributed by atoms with E-state index in [-0.39, 0.29) is 0 Å². The van der Waals surface area contributed by atoms with Crippen molar-refractivity contribution in [2.24, 2.45) is 0 Å². The molecule has 1 aromatic rings. The normalized spacial score (nSPS) is 19.7. The van der Waals surface area contributed by atoms with Gasteiger partial charge in [-0.05, 0) is 12.1 Å². The van der Waals surface area contributed by atoms with Gasteiger partial charge in [0.05, 0.1) is 8.07 Å². The molecule has 0 aliphatic carbocycles. The van der Waals surface area contributed by atoms with Gasteiger partial charge in [-0.15, -0.1) is 0 Å². The number of ketones is 1. The Morgan fingerprint density at radius 3 is 2.31 bits per heavy atom. The number of carbonyl (C=O) groups excluding carboxylic acids is 1. The Morgan fingerprint density at radius 2 is 1.75 bits per heavy atom. The molecule has 1 nitrogen and oxygen atoms in total. The molecular formula is C14H20OSi. The smallest absolute Gasteiger partial charge is 0.132 e. The first-order chi connectivity index (χ1) is 7.77.